The molecule has 118 valence electrons. The van der Waals surface area contributed by atoms with Crippen molar-refractivity contribution in [3.8, 4) is 0 Å². The van der Waals surface area contributed by atoms with Gasteiger partial charge in [-0.05, 0) is 31.2 Å². The first-order valence-corrected chi connectivity index (χ1v) is 8.50. The van der Waals surface area contributed by atoms with Crippen LogP contribution in [-0.4, -0.2) is 45.0 Å². The summed E-state index contributed by atoms with van der Waals surface area (Å²) in [5, 5.41) is 8.68. The molecule has 1 atom stereocenters. The number of aliphatic imine (C=N–C) groups is 1. The van der Waals surface area contributed by atoms with Gasteiger partial charge in [-0.1, -0.05) is 6.07 Å². The van der Waals surface area contributed by atoms with E-state index >= 15 is 0 Å². The zero-order valence-corrected chi connectivity index (χ0v) is 13.5. The Morgan fingerprint density at radius 1 is 1.52 bits per heavy atom. The van der Waals surface area contributed by atoms with E-state index in [0.29, 0.717) is 6.10 Å². The minimum atomic E-state index is 0.297. The van der Waals surface area contributed by atoms with E-state index in [1.807, 2.05) is 0 Å². The first-order valence-electron chi connectivity index (χ1n) is 7.62. The van der Waals surface area contributed by atoms with Gasteiger partial charge in [0, 0.05) is 31.2 Å². The largest absolute Gasteiger partial charge is 0.379 e. The molecule has 0 saturated carbocycles. The van der Waals surface area contributed by atoms with Crippen LogP contribution in [0.5, 0.6) is 0 Å². The van der Waals surface area contributed by atoms with Crippen molar-refractivity contribution in [2.75, 3.05) is 32.9 Å². The average Bonchev–Trinajstić information content (AvgIpc) is 3.17. The van der Waals surface area contributed by atoms with Crippen molar-refractivity contribution in [3.05, 3.63) is 22.4 Å². The number of nitrogens with one attached hydrogen (secondary N) is 2. The lowest BCUT2D eigenvalue weighted by Crippen LogP contribution is -2.38. The Morgan fingerprint density at radius 2 is 2.48 bits per heavy atom. The highest BCUT2D eigenvalue weighted by atomic mass is 32.1. The molecular weight excluding hydrogens is 286 g/mol. The van der Waals surface area contributed by atoms with E-state index in [2.05, 4.69) is 40.1 Å². The van der Waals surface area contributed by atoms with Crippen LogP contribution < -0.4 is 10.6 Å². The molecule has 0 aliphatic carbocycles. The molecule has 0 aromatic carbocycles. The summed E-state index contributed by atoms with van der Waals surface area (Å²) in [7, 11) is 0. The van der Waals surface area contributed by atoms with Crippen LogP contribution in [0.2, 0.25) is 0 Å². The zero-order valence-electron chi connectivity index (χ0n) is 12.6. The van der Waals surface area contributed by atoms with Gasteiger partial charge in [-0.2, -0.15) is 0 Å². The molecule has 0 radical (unpaired) electrons. The van der Waals surface area contributed by atoms with Gasteiger partial charge in [-0.25, -0.2) is 4.99 Å². The van der Waals surface area contributed by atoms with E-state index < -0.39 is 0 Å². The van der Waals surface area contributed by atoms with Gasteiger partial charge >= 0.3 is 0 Å². The van der Waals surface area contributed by atoms with Crippen molar-refractivity contribution in [1.29, 1.82) is 0 Å². The molecule has 0 amide bonds. The molecule has 2 heterocycles. The first kappa shape index (κ1) is 16.3. The summed E-state index contributed by atoms with van der Waals surface area (Å²) in [5.41, 5.74) is 0. The molecule has 1 aliphatic heterocycles. The number of thiophene rings is 1. The lowest BCUT2D eigenvalue weighted by molar-refractivity contribution is 0.0420. The lowest BCUT2D eigenvalue weighted by atomic mass is 10.3. The van der Waals surface area contributed by atoms with E-state index in [4.69, 9.17) is 9.47 Å². The predicted molar refractivity (Wildman–Crippen MR) is 86.9 cm³/mol. The Balaban J connectivity index is 1.61. The fourth-order valence-electron chi connectivity index (χ4n) is 2.07. The maximum absolute atomic E-state index is 5.74. The molecule has 0 bridgehead atoms. The maximum atomic E-state index is 5.74. The van der Waals surface area contributed by atoms with Gasteiger partial charge in [0.25, 0.3) is 0 Å². The highest BCUT2D eigenvalue weighted by Gasteiger charge is 2.15. The van der Waals surface area contributed by atoms with Gasteiger partial charge in [-0.3, -0.25) is 0 Å². The van der Waals surface area contributed by atoms with Crippen molar-refractivity contribution in [3.63, 3.8) is 0 Å². The minimum Gasteiger partial charge on any atom is -0.379 e. The van der Waals surface area contributed by atoms with Crippen molar-refractivity contribution in [2.45, 2.75) is 32.4 Å². The topological polar surface area (TPSA) is 54.9 Å². The number of guanidine groups is 1. The average molecular weight is 311 g/mol. The van der Waals surface area contributed by atoms with E-state index in [1.165, 1.54) is 4.88 Å². The summed E-state index contributed by atoms with van der Waals surface area (Å²) in [6, 6.07) is 4.16. The fraction of sp³-hybridized carbons (Fsp3) is 0.667. The van der Waals surface area contributed by atoms with E-state index in [1.54, 1.807) is 11.3 Å². The SMILES string of the molecule is CCNC(=NCc1cccs1)NCCCOC1CCOC1. The van der Waals surface area contributed by atoms with Crippen molar-refractivity contribution < 1.29 is 9.47 Å². The quantitative estimate of drug-likeness (QED) is 0.438. The second kappa shape index (κ2) is 9.76. The molecule has 1 aliphatic rings. The number of rotatable bonds is 8. The van der Waals surface area contributed by atoms with Crippen molar-refractivity contribution >= 4 is 17.3 Å². The van der Waals surface area contributed by atoms with Gasteiger partial charge in [-0.15, -0.1) is 11.3 Å². The van der Waals surface area contributed by atoms with Gasteiger partial charge in [0.2, 0.25) is 0 Å². The summed E-state index contributed by atoms with van der Waals surface area (Å²) in [5.74, 6) is 0.870. The number of hydrogen-bond donors (Lipinski definition) is 2. The summed E-state index contributed by atoms with van der Waals surface area (Å²) >= 11 is 1.73. The van der Waals surface area contributed by atoms with Crippen molar-refractivity contribution in [2.24, 2.45) is 4.99 Å². The number of ether oxygens (including phenoxy) is 2. The second-order valence-corrected chi connectivity index (χ2v) is 5.94. The molecular formula is C15H25N3O2S. The van der Waals surface area contributed by atoms with Crippen LogP contribution in [0, 0.1) is 0 Å². The Morgan fingerprint density at radius 3 is 3.19 bits per heavy atom. The Labute approximate surface area is 130 Å². The summed E-state index contributed by atoms with van der Waals surface area (Å²) < 4.78 is 11.0. The molecule has 1 aromatic rings. The second-order valence-electron chi connectivity index (χ2n) is 4.91. The minimum absolute atomic E-state index is 0.297. The van der Waals surface area contributed by atoms with Crippen LogP contribution in [0.1, 0.15) is 24.6 Å². The Kier molecular flexibility index (Phi) is 7.56. The number of nitrogens with zero attached hydrogens (tertiary/aromatic N) is 1. The third-order valence-electron chi connectivity index (χ3n) is 3.17. The third kappa shape index (κ3) is 6.46. The molecule has 6 heteroatoms. The van der Waals surface area contributed by atoms with E-state index in [9.17, 15) is 0 Å². The van der Waals surface area contributed by atoms with Gasteiger partial charge in [0.15, 0.2) is 5.96 Å². The van der Waals surface area contributed by atoms with Gasteiger partial charge in [0.05, 0.1) is 19.3 Å². The van der Waals surface area contributed by atoms with Crippen LogP contribution in [0.15, 0.2) is 22.5 Å². The smallest absolute Gasteiger partial charge is 0.191 e. The molecule has 0 spiro atoms. The predicted octanol–water partition coefficient (Wildman–Crippen LogP) is 2.00. The summed E-state index contributed by atoms with van der Waals surface area (Å²) in [6.07, 6.45) is 2.30. The maximum Gasteiger partial charge on any atom is 0.191 e. The van der Waals surface area contributed by atoms with Gasteiger partial charge < -0.3 is 20.1 Å². The van der Waals surface area contributed by atoms with Crippen LogP contribution in [0.4, 0.5) is 0 Å². The van der Waals surface area contributed by atoms with Crippen LogP contribution >= 0.6 is 11.3 Å². The molecule has 2 N–H and O–H groups in total. The zero-order chi connectivity index (χ0) is 14.8. The van der Waals surface area contributed by atoms with E-state index in [0.717, 1.165) is 58.3 Å². The van der Waals surface area contributed by atoms with Crippen LogP contribution in [-0.2, 0) is 16.0 Å². The van der Waals surface area contributed by atoms with Crippen molar-refractivity contribution in [1.82, 2.24) is 10.6 Å². The van der Waals surface area contributed by atoms with Crippen LogP contribution in [0.25, 0.3) is 0 Å². The highest BCUT2D eigenvalue weighted by Crippen LogP contribution is 2.09. The molecule has 5 nitrogen and oxygen atoms in total. The normalized spacial score (nSPS) is 18.9. The standard InChI is InChI=1S/C15H25N3O2S/c1-2-16-15(18-11-14-5-3-10-21-14)17-7-4-8-20-13-6-9-19-12-13/h3,5,10,13H,2,4,6-9,11-12H2,1H3,(H2,16,17,18). The third-order valence-corrected chi connectivity index (χ3v) is 4.03. The Bertz CT molecular complexity index is 403. The molecule has 1 fully saturated rings. The number of hydrogen-bond acceptors (Lipinski definition) is 4. The molecule has 1 aromatic heterocycles. The molecule has 2 rings (SSSR count). The molecule has 1 saturated heterocycles. The van der Waals surface area contributed by atoms with Gasteiger partial charge in [0.1, 0.15) is 0 Å². The lowest BCUT2D eigenvalue weighted by Gasteiger charge is -2.12. The fourth-order valence-corrected chi connectivity index (χ4v) is 2.70. The summed E-state index contributed by atoms with van der Waals surface area (Å²) in [6.45, 7) is 6.89. The first-order chi connectivity index (χ1) is 10.4. The van der Waals surface area contributed by atoms with Crippen LogP contribution in [0.3, 0.4) is 0 Å². The summed E-state index contributed by atoms with van der Waals surface area (Å²) in [4.78, 5) is 5.85. The monoisotopic (exact) mass is 311 g/mol. The highest BCUT2D eigenvalue weighted by molar-refractivity contribution is 7.09. The van der Waals surface area contributed by atoms with E-state index in [-0.39, 0.29) is 0 Å². The molecule has 21 heavy (non-hydrogen) atoms. The molecule has 1 unspecified atom stereocenters. The Hall–Kier alpha value is -1.11.